The van der Waals surface area contributed by atoms with Crippen molar-refractivity contribution in [1.29, 1.82) is 0 Å². The highest BCUT2D eigenvalue weighted by molar-refractivity contribution is 7.17. The van der Waals surface area contributed by atoms with Gasteiger partial charge in [-0.15, -0.1) is 5.10 Å². The first-order chi connectivity index (χ1) is 17.1. The number of hydrogen-bond donors (Lipinski definition) is 1. The minimum Gasteiger partial charge on any atom is -0.492 e. The Morgan fingerprint density at radius 1 is 0.943 bits per heavy atom. The highest BCUT2D eigenvalue weighted by atomic mass is 32.1. The lowest BCUT2D eigenvalue weighted by molar-refractivity contribution is 0.208. The van der Waals surface area contributed by atoms with E-state index in [0.29, 0.717) is 53.2 Å². The lowest BCUT2D eigenvalue weighted by Gasteiger charge is -2.40. The number of piperazine rings is 1. The Balaban J connectivity index is 1.34. The molecular weight excluding hydrogens is 472 g/mol. The molecule has 1 fully saturated rings. The molecule has 4 heterocycles. The third-order valence-corrected chi connectivity index (χ3v) is 7.33. The maximum absolute atomic E-state index is 15.0. The van der Waals surface area contributed by atoms with Crippen molar-refractivity contribution in [3.63, 3.8) is 0 Å². The van der Waals surface area contributed by atoms with Crippen molar-refractivity contribution < 1.29 is 18.3 Å². The van der Waals surface area contributed by atoms with Crippen LogP contribution in [0.1, 0.15) is 16.5 Å². The monoisotopic (exact) mass is 493 g/mol. The van der Waals surface area contributed by atoms with Crippen LogP contribution in [0.15, 0.2) is 71.3 Å². The van der Waals surface area contributed by atoms with Crippen molar-refractivity contribution in [2.45, 2.75) is 6.04 Å². The molecule has 10 heteroatoms. The minimum atomic E-state index is -0.507. The predicted octanol–water partition coefficient (Wildman–Crippen LogP) is 4.95. The molecule has 1 saturated heterocycles. The largest absolute Gasteiger partial charge is 0.492 e. The van der Waals surface area contributed by atoms with Crippen molar-refractivity contribution in [2.24, 2.45) is 0 Å². The van der Waals surface area contributed by atoms with Crippen LogP contribution in [0.25, 0.3) is 16.5 Å². The first kappa shape index (κ1) is 21.8. The lowest BCUT2D eigenvalue weighted by atomic mass is 10.0. The molecule has 3 aromatic heterocycles. The van der Waals surface area contributed by atoms with Gasteiger partial charge in [-0.3, -0.25) is 4.90 Å². The summed E-state index contributed by atoms with van der Waals surface area (Å²) >= 11 is 1.28. The highest BCUT2D eigenvalue weighted by Gasteiger charge is 2.33. The van der Waals surface area contributed by atoms with Crippen molar-refractivity contribution in [3.05, 3.63) is 89.0 Å². The molecule has 0 unspecified atom stereocenters. The molecule has 1 aliphatic heterocycles. The standard InChI is InChI=1S/C25H21F2N5O2S/c26-16-7-9-17(10-8-16)30-11-13-31(14-12-30)21(18-4-1-2-5-19(18)27)22-24(33)32-25(35-22)28-23(29-32)20-6-3-15-34-20/h1-10,15,21,33H,11-14H2/t21-/m1/s1. The number of benzene rings is 2. The zero-order valence-corrected chi connectivity index (χ0v) is 19.3. The summed E-state index contributed by atoms with van der Waals surface area (Å²) in [5.41, 5.74) is 1.43. The van der Waals surface area contributed by atoms with Crippen LogP contribution in [0.4, 0.5) is 14.5 Å². The van der Waals surface area contributed by atoms with Gasteiger partial charge in [-0.2, -0.15) is 9.50 Å². The Bertz CT molecular complexity index is 1460. The Labute approximate surface area is 203 Å². The molecule has 0 bridgehead atoms. The zero-order chi connectivity index (χ0) is 23.9. The van der Waals surface area contributed by atoms with Gasteiger partial charge in [0.25, 0.3) is 0 Å². The fraction of sp³-hybridized carbons (Fsp3) is 0.200. The second-order valence-corrected chi connectivity index (χ2v) is 9.33. The van der Waals surface area contributed by atoms with Crippen LogP contribution in [0.2, 0.25) is 0 Å². The first-order valence-corrected chi connectivity index (χ1v) is 12.0. The summed E-state index contributed by atoms with van der Waals surface area (Å²) in [6.45, 7) is 2.61. The van der Waals surface area contributed by atoms with Gasteiger partial charge in [0, 0.05) is 37.4 Å². The number of thiazole rings is 1. The summed E-state index contributed by atoms with van der Waals surface area (Å²) in [6.07, 6.45) is 1.54. The second kappa shape index (κ2) is 8.79. The molecule has 0 amide bonds. The van der Waals surface area contributed by atoms with E-state index in [1.165, 1.54) is 40.3 Å². The Hall–Kier alpha value is -3.76. The Morgan fingerprint density at radius 3 is 2.40 bits per heavy atom. The smallest absolute Gasteiger partial charge is 0.230 e. The molecule has 5 aromatic rings. The molecule has 7 nitrogen and oxygen atoms in total. The molecule has 0 aliphatic carbocycles. The third-order valence-electron chi connectivity index (χ3n) is 6.26. The van der Waals surface area contributed by atoms with Crippen LogP contribution in [0.5, 0.6) is 5.88 Å². The third kappa shape index (κ3) is 3.94. The van der Waals surface area contributed by atoms with Crippen LogP contribution < -0.4 is 4.90 Å². The Kier molecular flexibility index (Phi) is 5.46. The first-order valence-electron chi connectivity index (χ1n) is 11.2. The van der Waals surface area contributed by atoms with Gasteiger partial charge in [0.1, 0.15) is 11.6 Å². The van der Waals surface area contributed by atoms with Crippen LogP contribution >= 0.6 is 11.3 Å². The molecule has 0 radical (unpaired) electrons. The van der Waals surface area contributed by atoms with Crippen molar-refractivity contribution in [1.82, 2.24) is 19.5 Å². The predicted molar refractivity (Wildman–Crippen MR) is 129 cm³/mol. The number of rotatable bonds is 5. The van der Waals surface area contributed by atoms with E-state index in [1.54, 1.807) is 42.5 Å². The number of aromatic nitrogens is 3. The topological polar surface area (TPSA) is 70.0 Å². The molecule has 1 atom stereocenters. The normalized spacial score (nSPS) is 15.7. The van der Waals surface area contributed by atoms with Gasteiger partial charge in [0.05, 0.1) is 17.2 Å². The number of aromatic hydroxyl groups is 1. The number of hydrogen-bond acceptors (Lipinski definition) is 7. The molecule has 0 saturated carbocycles. The van der Waals surface area contributed by atoms with Crippen LogP contribution in [0, 0.1) is 11.6 Å². The zero-order valence-electron chi connectivity index (χ0n) is 18.5. The molecule has 1 aliphatic rings. The summed E-state index contributed by atoms with van der Waals surface area (Å²) < 4.78 is 35.1. The summed E-state index contributed by atoms with van der Waals surface area (Å²) in [7, 11) is 0. The number of fused-ring (bicyclic) bond motifs is 1. The summed E-state index contributed by atoms with van der Waals surface area (Å²) in [5, 5.41) is 15.6. The average molecular weight is 494 g/mol. The van der Waals surface area contributed by atoms with E-state index in [9.17, 15) is 9.50 Å². The van der Waals surface area contributed by atoms with E-state index >= 15 is 4.39 Å². The number of nitrogens with zero attached hydrogens (tertiary/aromatic N) is 5. The van der Waals surface area contributed by atoms with Gasteiger partial charge in [0.15, 0.2) is 5.76 Å². The van der Waals surface area contributed by atoms with E-state index in [0.717, 1.165) is 5.69 Å². The van der Waals surface area contributed by atoms with E-state index < -0.39 is 6.04 Å². The number of furan rings is 1. The number of anilines is 1. The molecule has 6 rings (SSSR count). The average Bonchev–Trinajstić information content (AvgIpc) is 3.61. The Morgan fingerprint density at radius 2 is 1.71 bits per heavy atom. The maximum atomic E-state index is 15.0. The van der Waals surface area contributed by atoms with Crippen LogP contribution in [-0.2, 0) is 0 Å². The van der Waals surface area contributed by atoms with E-state index in [2.05, 4.69) is 19.9 Å². The van der Waals surface area contributed by atoms with Crippen LogP contribution in [-0.4, -0.2) is 50.8 Å². The molecule has 0 spiro atoms. The summed E-state index contributed by atoms with van der Waals surface area (Å²) in [5.74, 6) is 0.203. The van der Waals surface area contributed by atoms with Gasteiger partial charge < -0.3 is 14.4 Å². The van der Waals surface area contributed by atoms with Gasteiger partial charge >= 0.3 is 0 Å². The van der Waals surface area contributed by atoms with Gasteiger partial charge in [-0.1, -0.05) is 29.5 Å². The van der Waals surface area contributed by atoms with E-state index in [4.69, 9.17) is 4.42 Å². The van der Waals surface area contributed by atoms with Crippen molar-refractivity contribution in [3.8, 4) is 17.5 Å². The fourth-order valence-corrected chi connectivity index (χ4v) is 5.64. The van der Waals surface area contributed by atoms with Gasteiger partial charge in [-0.05, 0) is 42.5 Å². The molecular formula is C25H21F2N5O2S. The van der Waals surface area contributed by atoms with Gasteiger partial charge in [-0.25, -0.2) is 8.78 Å². The van der Waals surface area contributed by atoms with Crippen LogP contribution in [0.3, 0.4) is 0 Å². The molecule has 2 aromatic carbocycles. The fourth-order valence-electron chi connectivity index (χ4n) is 4.53. The van der Waals surface area contributed by atoms with Crippen molar-refractivity contribution >= 4 is 22.0 Å². The SMILES string of the molecule is Oc1c([C@@H](c2ccccc2F)N2CCN(c3ccc(F)cc3)CC2)sc2nc(-c3ccco3)nn12. The summed E-state index contributed by atoms with van der Waals surface area (Å²) in [4.78, 5) is 9.90. The summed E-state index contributed by atoms with van der Waals surface area (Å²) in [6, 6.07) is 16.0. The quantitative estimate of drug-likeness (QED) is 0.374. The van der Waals surface area contributed by atoms with E-state index in [1.807, 2.05) is 0 Å². The maximum Gasteiger partial charge on any atom is 0.230 e. The number of halogens is 2. The van der Waals surface area contributed by atoms with Crippen molar-refractivity contribution in [2.75, 3.05) is 31.1 Å². The lowest BCUT2D eigenvalue weighted by Crippen LogP contribution is -2.48. The highest BCUT2D eigenvalue weighted by Crippen LogP contribution is 2.41. The molecule has 35 heavy (non-hydrogen) atoms. The molecule has 178 valence electrons. The van der Waals surface area contributed by atoms with Gasteiger partial charge in [0.2, 0.25) is 16.7 Å². The van der Waals surface area contributed by atoms with E-state index in [-0.39, 0.29) is 17.5 Å². The molecule has 1 N–H and O–H groups in total. The minimum absolute atomic E-state index is 0.0653. The second-order valence-electron chi connectivity index (χ2n) is 8.32.